The number of likely N-dealkylation sites (tertiary alicyclic amines) is 1. The van der Waals surface area contributed by atoms with Gasteiger partial charge >= 0.3 is 6.18 Å². The van der Waals surface area contributed by atoms with Crippen LogP contribution in [0.15, 0.2) is 29.3 Å². The molecule has 13 nitrogen and oxygen atoms in total. The number of alkyl halides is 3. The molecule has 2 aliphatic heterocycles. The predicted octanol–water partition coefficient (Wildman–Crippen LogP) is 4.46. The number of ether oxygens (including phenoxy) is 1. The van der Waals surface area contributed by atoms with Gasteiger partial charge in [-0.05, 0) is 63.2 Å². The van der Waals surface area contributed by atoms with Crippen LogP contribution in [0.25, 0.3) is 11.4 Å². The predicted molar refractivity (Wildman–Crippen MR) is 174 cm³/mol. The average molecular weight is 731 g/mol. The number of carbonyl (C=O) groups is 2. The lowest BCUT2D eigenvalue weighted by Crippen LogP contribution is -2.50. The number of carbonyl (C=O) groups excluding carboxylic acids is 2. The van der Waals surface area contributed by atoms with Crippen LogP contribution in [0.3, 0.4) is 0 Å². The maximum absolute atomic E-state index is 14.9. The van der Waals surface area contributed by atoms with E-state index in [1.54, 1.807) is 22.5 Å². The zero-order chi connectivity index (χ0) is 36.2. The molecule has 1 spiro atoms. The molecule has 0 radical (unpaired) electrons. The Morgan fingerprint density at radius 1 is 1.14 bits per heavy atom. The fraction of sp³-hybridized carbons (Fsp3) is 0.424. The second-order valence-corrected chi connectivity index (χ2v) is 13.3. The number of halogens is 5. The van der Waals surface area contributed by atoms with Gasteiger partial charge in [0.1, 0.15) is 18.7 Å². The first kappa shape index (κ1) is 34.5. The van der Waals surface area contributed by atoms with E-state index < -0.39 is 57.6 Å². The Balaban J connectivity index is 1.27. The van der Waals surface area contributed by atoms with Crippen molar-refractivity contribution in [1.29, 1.82) is 0 Å². The lowest BCUT2D eigenvalue weighted by atomic mass is 9.66. The zero-order valence-electron chi connectivity index (χ0n) is 27.2. The van der Waals surface area contributed by atoms with E-state index in [1.165, 1.54) is 6.33 Å². The van der Waals surface area contributed by atoms with Crippen molar-refractivity contribution in [3.8, 4) is 5.75 Å². The average Bonchev–Trinajstić information content (AvgIpc) is 3.56. The summed E-state index contributed by atoms with van der Waals surface area (Å²) in [4.78, 5) is 55.4. The highest BCUT2D eigenvalue weighted by Crippen LogP contribution is 2.44. The van der Waals surface area contributed by atoms with Gasteiger partial charge in [0.15, 0.2) is 17.3 Å². The van der Waals surface area contributed by atoms with E-state index in [2.05, 4.69) is 25.4 Å². The summed E-state index contributed by atoms with van der Waals surface area (Å²) in [7, 11) is 0. The quantitative estimate of drug-likeness (QED) is 0.283. The molecule has 1 fully saturated rings. The van der Waals surface area contributed by atoms with Gasteiger partial charge < -0.3 is 24.6 Å². The Hall–Kier alpha value is -4.90. The van der Waals surface area contributed by atoms with Gasteiger partial charge in [0.05, 0.1) is 35.2 Å². The number of rotatable bonds is 5. The Morgan fingerprint density at radius 2 is 1.90 bits per heavy atom. The lowest BCUT2D eigenvalue weighted by Gasteiger charge is -2.45. The Kier molecular flexibility index (Phi) is 8.81. The third kappa shape index (κ3) is 6.22. The first-order valence-electron chi connectivity index (χ1n) is 16.2. The van der Waals surface area contributed by atoms with Crippen LogP contribution in [-0.4, -0.2) is 77.3 Å². The van der Waals surface area contributed by atoms with Crippen molar-refractivity contribution < 1.29 is 37.0 Å². The zero-order valence-corrected chi connectivity index (χ0v) is 27.9. The summed E-state index contributed by atoms with van der Waals surface area (Å²) < 4.78 is 62.6. The number of aryl methyl sites for hydroxylation is 1. The van der Waals surface area contributed by atoms with E-state index in [9.17, 15) is 37.1 Å². The van der Waals surface area contributed by atoms with Gasteiger partial charge in [0.25, 0.3) is 11.5 Å². The summed E-state index contributed by atoms with van der Waals surface area (Å²) in [5.74, 6) is -2.61. The van der Waals surface area contributed by atoms with Crippen LogP contribution in [0, 0.1) is 12.7 Å². The molecule has 0 saturated carbocycles. The van der Waals surface area contributed by atoms with Gasteiger partial charge in [-0.3, -0.25) is 14.4 Å². The van der Waals surface area contributed by atoms with Gasteiger partial charge in [-0.2, -0.15) is 22.7 Å². The minimum absolute atomic E-state index is 0.0644. The number of hydrogen-bond donors (Lipinski definition) is 2. The Morgan fingerprint density at radius 3 is 2.59 bits per heavy atom. The molecule has 5 heterocycles. The van der Waals surface area contributed by atoms with Crippen LogP contribution < -0.4 is 10.9 Å². The number of benzene rings is 1. The monoisotopic (exact) mass is 730 g/mol. The van der Waals surface area contributed by atoms with Crippen LogP contribution in [0.4, 0.5) is 23.2 Å². The Bertz CT molecular complexity index is 2150. The number of aromatic nitrogens is 6. The van der Waals surface area contributed by atoms with E-state index in [1.807, 2.05) is 0 Å². The van der Waals surface area contributed by atoms with Crippen molar-refractivity contribution in [2.75, 3.05) is 31.6 Å². The largest absolute Gasteiger partial charge is 0.504 e. The van der Waals surface area contributed by atoms with Crippen LogP contribution in [0.1, 0.15) is 70.9 Å². The van der Waals surface area contributed by atoms with Gasteiger partial charge in [-0.25, -0.2) is 14.4 Å². The molecule has 1 saturated heterocycles. The van der Waals surface area contributed by atoms with Crippen molar-refractivity contribution in [2.45, 2.75) is 63.6 Å². The molecule has 51 heavy (non-hydrogen) atoms. The summed E-state index contributed by atoms with van der Waals surface area (Å²) in [5.41, 5.74) is -1.18. The number of amides is 2. The van der Waals surface area contributed by atoms with Crippen molar-refractivity contribution in [3.05, 3.63) is 79.8 Å². The fourth-order valence-corrected chi connectivity index (χ4v) is 7.49. The number of hydrogen-bond acceptors (Lipinski definition) is 9. The third-order valence-corrected chi connectivity index (χ3v) is 10.2. The third-order valence-electron chi connectivity index (χ3n) is 9.85. The molecule has 3 aromatic heterocycles. The van der Waals surface area contributed by atoms with Crippen LogP contribution in [0.5, 0.6) is 5.75 Å². The number of anilines is 1. The molecule has 18 heteroatoms. The van der Waals surface area contributed by atoms with Crippen molar-refractivity contribution in [2.24, 2.45) is 0 Å². The molecule has 0 bridgehead atoms. The van der Waals surface area contributed by atoms with E-state index in [0.29, 0.717) is 69.1 Å². The fourth-order valence-electron chi connectivity index (χ4n) is 7.23. The number of piperidine rings is 1. The SMILES string of the molecule is Cc1ncnc(C(=O)N2CCC3(CCCc4c3c(=O)n3nc(C5=CCOCC5)nc3n4CC(=O)Nc3c(F)cc(C(F)(F)F)cc3Cl)CC2)c1O. The highest BCUT2D eigenvalue weighted by molar-refractivity contribution is 6.33. The van der Waals surface area contributed by atoms with Crippen molar-refractivity contribution >= 4 is 40.5 Å². The number of nitrogens with one attached hydrogen (secondary N) is 1. The molecule has 4 aromatic rings. The molecule has 268 valence electrons. The molecule has 7 rings (SSSR count). The summed E-state index contributed by atoms with van der Waals surface area (Å²) in [6.45, 7) is 2.33. The van der Waals surface area contributed by atoms with Crippen LogP contribution in [-0.2, 0) is 34.1 Å². The number of nitrogens with zero attached hydrogens (tertiary/aromatic N) is 7. The molecule has 0 atom stereocenters. The van der Waals surface area contributed by atoms with E-state index in [-0.39, 0.29) is 47.9 Å². The second kappa shape index (κ2) is 13.0. The summed E-state index contributed by atoms with van der Waals surface area (Å²) in [6.07, 6.45) is 1.07. The summed E-state index contributed by atoms with van der Waals surface area (Å²) in [5, 5.41) is 16.7. The molecule has 2 amide bonds. The van der Waals surface area contributed by atoms with Crippen LogP contribution in [0.2, 0.25) is 5.02 Å². The summed E-state index contributed by atoms with van der Waals surface area (Å²) in [6, 6.07) is 0.779. The first-order valence-corrected chi connectivity index (χ1v) is 16.6. The van der Waals surface area contributed by atoms with Gasteiger partial charge in [0, 0.05) is 29.8 Å². The highest BCUT2D eigenvalue weighted by atomic mass is 35.5. The molecular weight excluding hydrogens is 700 g/mol. The molecule has 0 unspecified atom stereocenters. The summed E-state index contributed by atoms with van der Waals surface area (Å²) >= 11 is 6.00. The van der Waals surface area contributed by atoms with Gasteiger partial charge in [0.2, 0.25) is 11.7 Å². The molecule has 2 N–H and O–H groups in total. The van der Waals surface area contributed by atoms with Crippen molar-refractivity contribution in [1.82, 2.24) is 34.0 Å². The normalized spacial score (nSPS) is 17.4. The number of fused-ring (bicyclic) bond motifs is 3. The van der Waals surface area contributed by atoms with E-state index in [0.717, 1.165) is 10.1 Å². The molecule has 1 aliphatic carbocycles. The standard InChI is InChI=1S/C33H31ClF4N8O5/c1-17-27(48)26(40-16-39-17)30(50)44-9-7-32(8-10-44)6-2-3-22-24(32)29(49)46-31(42-28(43-46)18-4-11-51-12-5-18)45(22)15-23(47)41-25-20(34)13-19(14-21(25)35)33(36,37)38/h4,13-14,16,48H,2-3,5-12,15H2,1H3,(H,41,47). The van der Waals surface area contributed by atoms with Gasteiger partial charge in [-0.1, -0.05) is 17.7 Å². The van der Waals surface area contributed by atoms with E-state index in [4.69, 9.17) is 16.3 Å². The van der Waals surface area contributed by atoms with E-state index >= 15 is 0 Å². The topological polar surface area (TPSA) is 157 Å². The first-order chi connectivity index (χ1) is 24.3. The molecule has 1 aromatic carbocycles. The van der Waals surface area contributed by atoms with Gasteiger partial charge in [-0.15, -0.1) is 5.10 Å². The minimum Gasteiger partial charge on any atom is -0.504 e. The van der Waals surface area contributed by atoms with Crippen molar-refractivity contribution in [3.63, 3.8) is 0 Å². The lowest BCUT2D eigenvalue weighted by molar-refractivity contribution is -0.137. The molecule has 3 aliphatic rings. The highest BCUT2D eigenvalue weighted by Gasteiger charge is 2.45. The smallest absolute Gasteiger partial charge is 0.416 e. The maximum atomic E-state index is 14.9. The second-order valence-electron chi connectivity index (χ2n) is 12.9. The van der Waals surface area contributed by atoms with Crippen LogP contribution >= 0.6 is 11.6 Å². The maximum Gasteiger partial charge on any atom is 0.416 e. The molecular formula is C33H31ClF4N8O5. The Labute approximate surface area is 291 Å². The minimum atomic E-state index is -4.85. The number of aromatic hydroxyl groups is 1.